The van der Waals surface area contributed by atoms with Gasteiger partial charge in [0.15, 0.2) is 6.10 Å². The molecule has 150 valence electrons. The maximum absolute atomic E-state index is 12.8. The zero-order valence-corrected chi connectivity index (χ0v) is 16.4. The molecule has 0 spiro atoms. The van der Waals surface area contributed by atoms with Gasteiger partial charge in [0.05, 0.1) is 7.11 Å². The van der Waals surface area contributed by atoms with E-state index in [2.05, 4.69) is 16.7 Å². The number of benzene rings is 2. The largest absolute Gasteiger partial charge is 0.497 e. The number of carbonyl (C=O) groups excluding carboxylic acids is 1. The quantitative estimate of drug-likeness (QED) is 0.516. The summed E-state index contributed by atoms with van der Waals surface area (Å²) in [5.74, 6) is 1.96. The number of hydrogen-bond acceptors (Lipinski definition) is 6. The SMILES string of the molecule is C=CCN(Cc1nc(-c2ccc(OC)cc2)no1)C(=O)[C@@H](C)Oc1ccccc1. The van der Waals surface area contributed by atoms with Gasteiger partial charge in [0.1, 0.15) is 18.0 Å². The van der Waals surface area contributed by atoms with Crippen molar-refractivity contribution in [2.75, 3.05) is 13.7 Å². The van der Waals surface area contributed by atoms with Crippen LogP contribution < -0.4 is 9.47 Å². The van der Waals surface area contributed by atoms with Crippen LogP contribution in [0, 0.1) is 0 Å². The Morgan fingerprint density at radius 2 is 1.90 bits per heavy atom. The lowest BCUT2D eigenvalue weighted by molar-refractivity contribution is -0.138. The van der Waals surface area contributed by atoms with Crippen LogP contribution >= 0.6 is 0 Å². The van der Waals surface area contributed by atoms with Crippen molar-refractivity contribution >= 4 is 5.91 Å². The summed E-state index contributed by atoms with van der Waals surface area (Å²) in [6.07, 6.45) is 0.981. The molecule has 1 atom stereocenters. The van der Waals surface area contributed by atoms with Gasteiger partial charge in [-0.3, -0.25) is 4.79 Å². The second-order valence-electron chi connectivity index (χ2n) is 6.32. The summed E-state index contributed by atoms with van der Waals surface area (Å²) in [5, 5.41) is 4.01. The van der Waals surface area contributed by atoms with Crippen molar-refractivity contribution in [3.63, 3.8) is 0 Å². The van der Waals surface area contributed by atoms with E-state index >= 15 is 0 Å². The van der Waals surface area contributed by atoms with E-state index in [0.717, 1.165) is 11.3 Å². The monoisotopic (exact) mass is 393 g/mol. The lowest BCUT2D eigenvalue weighted by Crippen LogP contribution is -2.40. The van der Waals surface area contributed by atoms with Crippen LogP contribution in [0.5, 0.6) is 11.5 Å². The van der Waals surface area contributed by atoms with E-state index < -0.39 is 6.10 Å². The molecule has 0 aliphatic carbocycles. The minimum Gasteiger partial charge on any atom is -0.497 e. The van der Waals surface area contributed by atoms with E-state index in [9.17, 15) is 4.79 Å². The molecule has 0 aliphatic heterocycles. The molecule has 1 heterocycles. The van der Waals surface area contributed by atoms with Crippen molar-refractivity contribution in [1.29, 1.82) is 0 Å². The number of methoxy groups -OCH3 is 1. The molecule has 0 N–H and O–H groups in total. The van der Waals surface area contributed by atoms with E-state index in [1.165, 1.54) is 0 Å². The first-order chi connectivity index (χ1) is 14.1. The van der Waals surface area contributed by atoms with Gasteiger partial charge in [-0.1, -0.05) is 29.4 Å². The fourth-order valence-electron chi connectivity index (χ4n) is 2.74. The van der Waals surface area contributed by atoms with Gasteiger partial charge in [-0.05, 0) is 43.3 Å². The fraction of sp³-hybridized carbons (Fsp3) is 0.227. The number of nitrogens with zero attached hydrogens (tertiary/aromatic N) is 3. The first kappa shape index (κ1) is 20.1. The minimum atomic E-state index is -0.665. The van der Waals surface area contributed by atoms with Gasteiger partial charge in [0.2, 0.25) is 11.7 Å². The number of ether oxygens (including phenoxy) is 2. The molecular weight excluding hydrogens is 370 g/mol. The van der Waals surface area contributed by atoms with Crippen molar-refractivity contribution in [2.45, 2.75) is 19.6 Å². The molecule has 0 radical (unpaired) electrons. The molecule has 29 heavy (non-hydrogen) atoms. The highest BCUT2D eigenvalue weighted by Gasteiger charge is 2.23. The lowest BCUT2D eigenvalue weighted by atomic mass is 10.2. The van der Waals surface area contributed by atoms with Crippen LogP contribution in [-0.4, -0.2) is 40.7 Å². The van der Waals surface area contributed by atoms with Crippen LogP contribution in [0.4, 0.5) is 0 Å². The molecule has 0 fully saturated rings. The van der Waals surface area contributed by atoms with E-state index in [4.69, 9.17) is 14.0 Å². The number of para-hydroxylation sites is 1. The number of rotatable bonds is 9. The second-order valence-corrected chi connectivity index (χ2v) is 6.32. The lowest BCUT2D eigenvalue weighted by Gasteiger charge is -2.23. The third-order valence-electron chi connectivity index (χ3n) is 4.21. The van der Waals surface area contributed by atoms with Gasteiger partial charge in [-0.25, -0.2) is 0 Å². The van der Waals surface area contributed by atoms with E-state index in [1.807, 2.05) is 42.5 Å². The highest BCUT2D eigenvalue weighted by molar-refractivity contribution is 5.81. The van der Waals surface area contributed by atoms with Gasteiger partial charge in [-0.15, -0.1) is 6.58 Å². The Morgan fingerprint density at radius 1 is 1.17 bits per heavy atom. The Morgan fingerprint density at radius 3 is 2.55 bits per heavy atom. The Bertz CT molecular complexity index is 938. The van der Waals surface area contributed by atoms with Gasteiger partial charge < -0.3 is 18.9 Å². The third kappa shape index (κ3) is 5.22. The molecule has 0 unspecified atom stereocenters. The Labute approximate surface area is 169 Å². The van der Waals surface area contributed by atoms with Crippen LogP contribution in [0.2, 0.25) is 0 Å². The van der Waals surface area contributed by atoms with Gasteiger partial charge >= 0.3 is 0 Å². The smallest absolute Gasteiger partial charge is 0.264 e. The summed E-state index contributed by atoms with van der Waals surface area (Å²) in [5.41, 5.74) is 0.795. The predicted molar refractivity (Wildman–Crippen MR) is 108 cm³/mol. The normalized spacial score (nSPS) is 11.5. The van der Waals surface area contributed by atoms with Crippen molar-refractivity contribution in [2.24, 2.45) is 0 Å². The van der Waals surface area contributed by atoms with Crippen molar-refractivity contribution in [1.82, 2.24) is 15.0 Å². The molecule has 7 nitrogen and oxygen atoms in total. The van der Waals surface area contributed by atoms with Gasteiger partial charge in [0.25, 0.3) is 5.91 Å². The topological polar surface area (TPSA) is 77.7 Å². The highest BCUT2D eigenvalue weighted by atomic mass is 16.5. The van der Waals surface area contributed by atoms with E-state index in [0.29, 0.717) is 24.0 Å². The van der Waals surface area contributed by atoms with Crippen molar-refractivity contribution in [3.8, 4) is 22.9 Å². The Balaban J connectivity index is 1.69. The fourth-order valence-corrected chi connectivity index (χ4v) is 2.74. The molecule has 1 aromatic heterocycles. The summed E-state index contributed by atoms with van der Waals surface area (Å²) >= 11 is 0. The summed E-state index contributed by atoms with van der Waals surface area (Å²) in [6, 6.07) is 16.5. The van der Waals surface area contributed by atoms with Crippen LogP contribution in [0.3, 0.4) is 0 Å². The van der Waals surface area contributed by atoms with Gasteiger partial charge in [-0.2, -0.15) is 4.98 Å². The van der Waals surface area contributed by atoms with Crippen LogP contribution in [0.1, 0.15) is 12.8 Å². The molecular formula is C22H23N3O4. The van der Waals surface area contributed by atoms with E-state index in [1.54, 1.807) is 37.1 Å². The number of carbonyl (C=O) groups is 1. The Hall–Kier alpha value is -3.61. The van der Waals surface area contributed by atoms with Gasteiger partial charge in [0, 0.05) is 12.1 Å². The number of hydrogen-bond donors (Lipinski definition) is 0. The maximum Gasteiger partial charge on any atom is 0.264 e. The van der Waals surface area contributed by atoms with Crippen LogP contribution in [-0.2, 0) is 11.3 Å². The number of amides is 1. The molecule has 3 rings (SSSR count). The predicted octanol–water partition coefficient (Wildman–Crippen LogP) is 3.73. The highest BCUT2D eigenvalue weighted by Crippen LogP contribution is 2.20. The molecule has 0 saturated heterocycles. The van der Waals surface area contributed by atoms with Crippen LogP contribution in [0.25, 0.3) is 11.4 Å². The zero-order valence-electron chi connectivity index (χ0n) is 16.4. The summed E-state index contributed by atoms with van der Waals surface area (Å²) < 4.78 is 16.2. The maximum atomic E-state index is 12.8. The molecule has 1 amide bonds. The second kappa shape index (κ2) is 9.54. The standard InChI is InChI=1S/C22H23N3O4/c1-4-14-25(22(26)16(2)28-19-8-6-5-7-9-19)15-20-23-21(24-29-20)17-10-12-18(27-3)13-11-17/h4-13,16H,1,14-15H2,2-3H3/t16-/m1/s1. The molecule has 0 bridgehead atoms. The average Bonchev–Trinajstić information content (AvgIpc) is 3.22. The summed E-state index contributed by atoms with van der Waals surface area (Å²) in [6.45, 7) is 5.93. The molecule has 2 aromatic carbocycles. The van der Waals surface area contributed by atoms with E-state index in [-0.39, 0.29) is 12.5 Å². The molecule has 0 aliphatic rings. The zero-order chi connectivity index (χ0) is 20.6. The third-order valence-corrected chi connectivity index (χ3v) is 4.21. The summed E-state index contributed by atoms with van der Waals surface area (Å²) in [4.78, 5) is 18.8. The number of aromatic nitrogens is 2. The molecule has 3 aromatic rings. The minimum absolute atomic E-state index is 0.163. The average molecular weight is 393 g/mol. The Kier molecular flexibility index (Phi) is 6.63. The first-order valence-corrected chi connectivity index (χ1v) is 9.19. The van der Waals surface area contributed by atoms with Crippen molar-refractivity contribution < 1.29 is 18.8 Å². The molecule has 0 saturated carbocycles. The summed E-state index contributed by atoms with van der Waals surface area (Å²) in [7, 11) is 1.61. The van der Waals surface area contributed by atoms with Crippen LogP contribution in [0.15, 0.2) is 71.8 Å². The molecule has 7 heteroatoms. The van der Waals surface area contributed by atoms with Crippen molar-refractivity contribution in [3.05, 3.63) is 73.1 Å². The first-order valence-electron chi connectivity index (χ1n) is 9.19.